The summed E-state index contributed by atoms with van der Waals surface area (Å²) in [5.41, 5.74) is 0. The molecule has 0 saturated carbocycles. The van der Waals surface area contributed by atoms with Crippen LogP contribution >= 0.6 is 0 Å². The third kappa shape index (κ3) is 1.56. The third-order valence-corrected chi connectivity index (χ3v) is 5.90. The molecule has 1 aromatic rings. The molecule has 3 rings (SSSR count). The molecule has 1 aromatic heterocycles. The molecule has 2 fully saturated rings. The van der Waals surface area contributed by atoms with E-state index in [0.29, 0.717) is 0 Å². The normalized spacial score (nSPS) is 31.9. The van der Waals surface area contributed by atoms with Gasteiger partial charge in [0.05, 0.1) is 19.2 Å². The Bertz CT molecular complexity index is 640. The molecule has 0 spiro atoms. The van der Waals surface area contributed by atoms with E-state index in [1.54, 1.807) is 0 Å². The van der Waals surface area contributed by atoms with E-state index in [4.69, 9.17) is 0 Å². The summed E-state index contributed by atoms with van der Waals surface area (Å²) >= 11 is 0. The summed E-state index contributed by atoms with van der Waals surface area (Å²) in [4.78, 5) is 23.6. The maximum Gasteiger partial charge on any atom is 0.327 e. The molecule has 1 N–H and O–H groups in total. The molecular formula is C9H10N4O5S. The summed E-state index contributed by atoms with van der Waals surface area (Å²) < 4.78 is 25.7. The van der Waals surface area contributed by atoms with Gasteiger partial charge in [0.1, 0.15) is 16.7 Å². The van der Waals surface area contributed by atoms with Gasteiger partial charge in [-0.3, -0.25) is 9.48 Å². The Morgan fingerprint density at radius 2 is 2.26 bits per heavy atom. The number of aromatic nitrogens is 3. The van der Waals surface area contributed by atoms with Gasteiger partial charge in [-0.05, 0) is 0 Å². The van der Waals surface area contributed by atoms with E-state index in [0.717, 1.165) is 4.90 Å². The fraction of sp³-hybridized carbons (Fsp3) is 0.556. The number of fused-ring (bicyclic) bond motifs is 1. The number of carbonyl (C=O) groups is 2. The van der Waals surface area contributed by atoms with E-state index in [1.165, 1.54) is 17.1 Å². The van der Waals surface area contributed by atoms with Gasteiger partial charge in [0.2, 0.25) is 5.91 Å². The first-order valence-corrected chi connectivity index (χ1v) is 7.14. The molecule has 0 aliphatic carbocycles. The van der Waals surface area contributed by atoms with Crippen LogP contribution in [0.3, 0.4) is 0 Å². The predicted molar refractivity (Wildman–Crippen MR) is 59.4 cm³/mol. The van der Waals surface area contributed by atoms with Crippen molar-refractivity contribution in [1.29, 1.82) is 0 Å². The van der Waals surface area contributed by atoms with Crippen LogP contribution in [0.15, 0.2) is 12.4 Å². The molecule has 0 radical (unpaired) electrons. The number of carbonyl (C=O) groups excluding carboxylic acids is 1. The maximum atomic E-state index is 12.2. The summed E-state index contributed by atoms with van der Waals surface area (Å²) in [6, 6.07) is -1.35. The molecule has 0 bridgehead atoms. The van der Waals surface area contributed by atoms with E-state index in [2.05, 4.69) is 10.3 Å². The highest BCUT2D eigenvalue weighted by molar-refractivity contribution is 7.93. The molecule has 2 saturated heterocycles. The highest BCUT2D eigenvalue weighted by atomic mass is 32.2. The molecule has 9 nitrogen and oxygen atoms in total. The first kappa shape index (κ1) is 12.1. The van der Waals surface area contributed by atoms with Gasteiger partial charge < -0.3 is 10.0 Å². The zero-order chi connectivity index (χ0) is 13.8. The molecule has 19 heavy (non-hydrogen) atoms. The van der Waals surface area contributed by atoms with Crippen molar-refractivity contribution in [3.05, 3.63) is 12.4 Å². The molecule has 2 aliphatic heterocycles. The predicted octanol–water partition coefficient (Wildman–Crippen LogP) is -1.91. The SMILES string of the molecule is O=C(O)[C@H]1C(Cn2ccnn2)S(=O)(=O)[C@@H]2CC(=O)N21. The standard InChI is InChI=1S/C9H10N4O5S/c14-6-3-7-13(6)8(9(15)16)5(19(7,17)18)4-12-2-1-10-11-12/h1-2,5,7-8H,3-4H2,(H,15,16)/t5?,7-,8-/m1/s1. The van der Waals surface area contributed by atoms with Gasteiger partial charge >= 0.3 is 5.97 Å². The summed E-state index contributed by atoms with van der Waals surface area (Å²) in [5, 5.41) is 14.2. The highest BCUT2D eigenvalue weighted by Crippen LogP contribution is 2.39. The van der Waals surface area contributed by atoms with Crippen molar-refractivity contribution >= 4 is 21.7 Å². The molecule has 1 unspecified atom stereocenters. The van der Waals surface area contributed by atoms with Crippen LogP contribution in [0.4, 0.5) is 0 Å². The molecule has 10 heteroatoms. The number of hydrogen-bond acceptors (Lipinski definition) is 6. The second kappa shape index (κ2) is 3.76. The fourth-order valence-corrected chi connectivity index (χ4v) is 4.88. The summed E-state index contributed by atoms with van der Waals surface area (Å²) in [6.07, 6.45) is 2.68. The summed E-state index contributed by atoms with van der Waals surface area (Å²) in [7, 11) is -3.70. The smallest absolute Gasteiger partial charge is 0.327 e. The van der Waals surface area contributed by atoms with Gasteiger partial charge in [-0.25, -0.2) is 13.2 Å². The van der Waals surface area contributed by atoms with Gasteiger partial charge in [-0.2, -0.15) is 0 Å². The lowest BCUT2D eigenvalue weighted by Crippen LogP contribution is -2.56. The van der Waals surface area contributed by atoms with Crippen molar-refractivity contribution in [2.24, 2.45) is 0 Å². The Morgan fingerprint density at radius 3 is 2.79 bits per heavy atom. The van der Waals surface area contributed by atoms with Gasteiger partial charge in [-0.1, -0.05) is 5.21 Å². The second-order valence-corrected chi connectivity index (χ2v) is 6.82. The Hall–Kier alpha value is -1.97. The van der Waals surface area contributed by atoms with Crippen molar-refractivity contribution < 1.29 is 23.1 Å². The molecule has 3 heterocycles. The van der Waals surface area contributed by atoms with Crippen molar-refractivity contribution in [1.82, 2.24) is 19.9 Å². The van der Waals surface area contributed by atoms with Crippen LogP contribution in [-0.4, -0.2) is 62.0 Å². The number of hydrogen-bond donors (Lipinski definition) is 1. The van der Waals surface area contributed by atoms with Crippen LogP contribution < -0.4 is 0 Å². The van der Waals surface area contributed by atoms with Gasteiger partial charge in [0.15, 0.2) is 9.84 Å². The van der Waals surface area contributed by atoms with E-state index in [-0.39, 0.29) is 13.0 Å². The average molecular weight is 286 g/mol. The summed E-state index contributed by atoms with van der Waals surface area (Å²) in [6.45, 7) is -0.125. The Kier molecular flexibility index (Phi) is 2.39. The van der Waals surface area contributed by atoms with Crippen LogP contribution in [0.1, 0.15) is 6.42 Å². The largest absolute Gasteiger partial charge is 0.480 e. The van der Waals surface area contributed by atoms with E-state index >= 15 is 0 Å². The molecule has 1 amide bonds. The minimum absolute atomic E-state index is 0.125. The van der Waals surface area contributed by atoms with Crippen LogP contribution in [0.2, 0.25) is 0 Å². The Morgan fingerprint density at radius 1 is 1.53 bits per heavy atom. The summed E-state index contributed by atoms with van der Waals surface area (Å²) in [5.74, 6) is -1.76. The van der Waals surface area contributed by atoms with Crippen LogP contribution in [0, 0.1) is 0 Å². The lowest BCUT2D eigenvalue weighted by molar-refractivity contribution is -0.156. The van der Waals surface area contributed by atoms with Crippen molar-refractivity contribution in [2.45, 2.75) is 29.6 Å². The Labute approximate surface area is 107 Å². The number of sulfone groups is 1. The lowest BCUT2D eigenvalue weighted by atomic mass is 10.1. The first-order valence-electron chi connectivity index (χ1n) is 5.53. The quantitative estimate of drug-likeness (QED) is 0.643. The lowest BCUT2D eigenvalue weighted by Gasteiger charge is -2.34. The van der Waals surface area contributed by atoms with Gasteiger partial charge in [0, 0.05) is 6.20 Å². The number of β-lactam (4-membered cyclic amide) rings is 1. The third-order valence-electron chi connectivity index (χ3n) is 3.49. The number of rotatable bonds is 3. The number of amides is 1. The number of aliphatic carboxylic acids is 1. The Balaban J connectivity index is 1.99. The molecule has 102 valence electrons. The molecule has 0 aromatic carbocycles. The van der Waals surface area contributed by atoms with Crippen LogP contribution in [-0.2, 0) is 26.0 Å². The van der Waals surface area contributed by atoms with Gasteiger partial charge in [0.25, 0.3) is 0 Å². The first-order chi connectivity index (χ1) is 8.93. The highest BCUT2D eigenvalue weighted by Gasteiger charge is 2.63. The minimum atomic E-state index is -3.70. The van der Waals surface area contributed by atoms with Gasteiger partial charge in [-0.15, -0.1) is 5.10 Å². The monoisotopic (exact) mass is 286 g/mol. The van der Waals surface area contributed by atoms with E-state index in [9.17, 15) is 23.1 Å². The molecule has 3 atom stereocenters. The average Bonchev–Trinajstić information content (AvgIpc) is 2.87. The molecular weight excluding hydrogens is 276 g/mol. The topological polar surface area (TPSA) is 122 Å². The maximum absolute atomic E-state index is 12.2. The molecule has 2 aliphatic rings. The number of carboxylic acids is 1. The van der Waals surface area contributed by atoms with Crippen LogP contribution in [0.5, 0.6) is 0 Å². The number of carboxylic acid groups (broad SMARTS) is 1. The van der Waals surface area contributed by atoms with Crippen molar-refractivity contribution in [3.63, 3.8) is 0 Å². The zero-order valence-electron chi connectivity index (χ0n) is 9.58. The second-order valence-electron chi connectivity index (χ2n) is 4.50. The van der Waals surface area contributed by atoms with Crippen LogP contribution in [0.25, 0.3) is 0 Å². The van der Waals surface area contributed by atoms with Crippen molar-refractivity contribution in [2.75, 3.05) is 0 Å². The number of nitrogens with zero attached hydrogens (tertiary/aromatic N) is 4. The van der Waals surface area contributed by atoms with E-state index in [1.807, 2.05) is 0 Å². The fourth-order valence-electron chi connectivity index (χ4n) is 2.57. The zero-order valence-corrected chi connectivity index (χ0v) is 10.4. The van der Waals surface area contributed by atoms with Crippen molar-refractivity contribution in [3.8, 4) is 0 Å². The minimum Gasteiger partial charge on any atom is -0.480 e. The van der Waals surface area contributed by atoms with E-state index < -0.39 is 38.4 Å².